The molecule has 0 radical (unpaired) electrons. The van der Waals surface area contributed by atoms with Gasteiger partial charge in [-0.05, 0) is 179 Å². The van der Waals surface area contributed by atoms with Gasteiger partial charge in [-0.2, -0.15) is 0 Å². The topological polar surface area (TPSA) is 19.4 Å². The molecule has 5 aromatic heterocycles. The maximum atomic E-state index is 8.30. The van der Waals surface area contributed by atoms with Gasteiger partial charge in [-0.1, -0.05) is 119 Å². The minimum absolute atomic E-state index is 0.359. The van der Waals surface area contributed by atoms with Crippen molar-refractivity contribution >= 4 is 0 Å². The average Bonchev–Trinajstić information content (AvgIpc) is 0.775. The summed E-state index contributed by atoms with van der Waals surface area (Å²) in [4.78, 5) is 0. The third-order valence-electron chi connectivity index (χ3n) is 14.7. The van der Waals surface area contributed by atoms with Crippen LogP contribution in [-0.4, -0.2) is 0 Å². The molecule has 0 N–H and O–H groups in total. The molecular weight excluding hydrogens is 1010 g/mol. The minimum atomic E-state index is -2.91. The Morgan fingerprint density at radius 1 is 0.349 bits per heavy atom. The van der Waals surface area contributed by atoms with Gasteiger partial charge < -0.3 is 0 Å². The number of aryl methyl sites for hydroxylation is 13. The van der Waals surface area contributed by atoms with E-state index in [0.29, 0.717) is 16.7 Å². The van der Waals surface area contributed by atoms with Gasteiger partial charge >= 0.3 is 0 Å². The van der Waals surface area contributed by atoms with E-state index in [1.165, 1.54) is 58.6 Å². The van der Waals surface area contributed by atoms with Crippen LogP contribution in [0.2, 0.25) is 0 Å². The summed E-state index contributed by atoms with van der Waals surface area (Å²) in [5.41, 5.74) is 22.1. The Morgan fingerprint density at radius 2 is 0.771 bits per heavy atom. The molecule has 5 heterocycles. The molecular formula is C78H96N5+5. The van der Waals surface area contributed by atoms with Gasteiger partial charge in [-0.3, -0.25) is 0 Å². The van der Waals surface area contributed by atoms with Crippen LogP contribution in [0, 0.1) is 61.3 Å². The van der Waals surface area contributed by atoms with Crippen molar-refractivity contribution in [3.8, 4) is 56.3 Å². The Bertz CT molecular complexity index is 4280. The first-order valence-electron chi connectivity index (χ1n) is 35.7. The molecule has 428 valence electrons. The summed E-state index contributed by atoms with van der Waals surface area (Å²) in [5.74, 6) is -5.76. The zero-order valence-electron chi connectivity index (χ0n) is 66.6. The number of nitrogens with zero attached hydrogens (tertiary/aromatic N) is 5. The van der Waals surface area contributed by atoms with Crippen molar-refractivity contribution in [3.63, 3.8) is 0 Å². The predicted octanol–water partition coefficient (Wildman–Crippen LogP) is 16.8. The van der Waals surface area contributed by atoms with Crippen LogP contribution in [0.15, 0.2) is 207 Å². The second-order valence-electron chi connectivity index (χ2n) is 21.7. The molecule has 5 aromatic carbocycles. The van der Waals surface area contributed by atoms with Gasteiger partial charge in [0.25, 0.3) is 0 Å². The molecule has 0 aliphatic rings. The van der Waals surface area contributed by atoms with Crippen LogP contribution in [0.25, 0.3) is 56.3 Å². The molecule has 0 saturated carbocycles. The fraction of sp³-hybridized carbons (Fsp3) is 0.295. The van der Waals surface area contributed by atoms with Crippen molar-refractivity contribution in [2.75, 3.05) is 0 Å². The molecule has 0 amide bonds. The summed E-state index contributed by atoms with van der Waals surface area (Å²) in [7, 11) is 9.95. The summed E-state index contributed by atoms with van der Waals surface area (Å²) in [6, 6.07) is 58.3. The SMILES string of the molecule is Cc1ccc(C)c(-c2cccc[n+]2C)c1.Cc1ccc(C)c(-c2cccc[n+]2C)c1.[2H]C([2H])([2H])C([2H])(C)c1c[n+](C)c(-c2ccccc2C)cc1C.[2H]C([2H])([2H])C([2H])(C)c1ccc(-c2cccc[n+]2C)c(C)c1.[2H]C([2H])([2H])C([2H])(Cc1ccc(-c2cccc[n+]2C)c(C)c1)C([2H])([2H])[2H]. The lowest BCUT2D eigenvalue weighted by Gasteiger charge is -2.11. The van der Waals surface area contributed by atoms with Crippen LogP contribution in [0.3, 0.4) is 0 Å². The summed E-state index contributed by atoms with van der Waals surface area (Å²) >= 11 is 0. The highest BCUT2D eigenvalue weighted by Gasteiger charge is 2.18. The van der Waals surface area contributed by atoms with Crippen molar-refractivity contribution < 1.29 is 43.4 Å². The van der Waals surface area contributed by atoms with Gasteiger partial charge in [0.2, 0.25) is 28.5 Å². The Labute approximate surface area is 522 Å². The third-order valence-corrected chi connectivity index (χ3v) is 14.7. The molecule has 83 heavy (non-hydrogen) atoms. The van der Waals surface area contributed by atoms with Crippen molar-refractivity contribution in [1.82, 2.24) is 0 Å². The first-order chi connectivity index (χ1) is 45.4. The van der Waals surface area contributed by atoms with Gasteiger partial charge in [0.05, 0.1) is 0 Å². The van der Waals surface area contributed by atoms with E-state index in [1.807, 2.05) is 147 Å². The molecule has 0 saturated heterocycles. The van der Waals surface area contributed by atoms with Crippen molar-refractivity contribution in [3.05, 3.63) is 268 Å². The maximum absolute atomic E-state index is 8.30. The largest absolute Gasteiger partial charge is 0.212 e. The Hall–Kier alpha value is -8.15. The molecule has 0 spiro atoms. The number of pyridine rings is 5. The van der Waals surface area contributed by atoms with Crippen molar-refractivity contribution in [2.24, 2.45) is 41.1 Å². The van der Waals surface area contributed by atoms with E-state index in [0.717, 1.165) is 56.0 Å². The molecule has 5 nitrogen and oxygen atoms in total. The van der Waals surface area contributed by atoms with Crippen molar-refractivity contribution in [1.29, 1.82) is 0 Å². The Balaban J connectivity index is 0.000000196. The normalized spacial score (nSPS) is 15.5. The zero-order valence-corrected chi connectivity index (χ0v) is 51.6. The number of rotatable bonds is 9. The molecule has 0 aliphatic heterocycles. The lowest BCUT2D eigenvalue weighted by atomic mass is 9.96. The number of aromatic nitrogens is 5. The van der Waals surface area contributed by atoms with Gasteiger partial charge in [0, 0.05) is 109 Å². The van der Waals surface area contributed by atoms with Crippen LogP contribution in [-0.2, 0) is 41.7 Å². The first kappa shape index (κ1) is 45.4. The molecule has 0 aliphatic carbocycles. The summed E-state index contributed by atoms with van der Waals surface area (Å²) in [6.07, 6.45) is 9.48. The molecule has 0 bridgehead atoms. The first-order valence-corrected chi connectivity index (χ1v) is 28.2. The van der Waals surface area contributed by atoms with Crippen LogP contribution >= 0.6 is 0 Å². The lowest BCUT2D eigenvalue weighted by Crippen LogP contribution is -2.32. The monoisotopic (exact) mass is 1120 g/mol. The van der Waals surface area contributed by atoms with Gasteiger partial charge in [-0.25, -0.2) is 22.8 Å². The summed E-state index contributed by atoms with van der Waals surface area (Å²) in [6.45, 7) is 8.70. The van der Waals surface area contributed by atoms with E-state index >= 15 is 0 Å². The molecule has 2 atom stereocenters. The Kier molecular flexibility index (Phi) is 16.5. The van der Waals surface area contributed by atoms with E-state index in [9.17, 15) is 0 Å². The number of hydrogen-bond donors (Lipinski definition) is 0. The van der Waals surface area contributed by atoms with Gasteiger partial charge in [0.1, 0.15) is 35.2 Å². The summed E-state index contributed by atoms with van der Waals surface area (Å²) < 4.78 is 126. The number of hydrogen-bond acceptors (Lipinski definition) is 0. The second kappa shape index (κ2) is 30.2. The highest BCUT2D eigenvalue weighted by atomic mass is 14.9. The quantitative estimate of drug-likeness (QED) is 0.128. The molecule has 5 heteroatoms. The fourth-order valence-electron chi connectivity index (χ4n) is 10.0. The number of benzene rings is 5. The fourth-order valence-corrected chi connectivity index (χ4v) is 10.0. The van der Waals surface area contributed by atoms with E-state index < -0.39 is 45.1 Å². The second-order valence-corrected chi connectivity index (χ2v) is 21.7. The van der Waals surface area contributed by atoms with E-state index in [-0.39, 0.29) is 6.42 Å². The highest BCUT2D eigenvalue weighted by Crippen LogP contribution is 2.28. The zero-order chi connectivity index (χ0) is 73.3. The van der Waals surface area contributed by atoms with Crippen LogP contribution in [0.5, 0.6) is 0 Å². The molecule has 0 fully saturated rings. The average molecular weight is 1120 g/mol. The predicted molar refractivity (Wildman–Crippen MR) is 350 cm³/mol. The molecule has 2 unspecified atom stereocenters. The smallest absolute Gasteiger partial charge is 0.201 e. The minimum Gasteiger partial charge on any atom is -0.201 e. The van der Waals surface area contributed by atoms with Crippen molar-refractivity contribution in [2.45, 2.75) is 115 Å². The highest BCUT2D eigenvalue weighted by molar-refractivity contribution is 5.65. The van der Waals surface area contributed by atoms with Crippen LogP contribution in [0.1, 0.15) is 135 Å². The van der Waals surface area contributed by atoms with E-state index in [2.05, 4.69) is 149 Å². The third kappa shape index (κ3) is 17.7. The standard InChI is InChI=1S/2C17H22N.C16H20N.2C14H16N/c1-12(2)16-11-18(5)17(10-14(16)4)15-9-7-6-8-13(15)3;1-13(2)11-15-8-9-16(14(3)12-15)17-7-5-6-10-18(17)4;1-12(2)14-8-9-15(13(3)11-14)16-7-5-6-10-17(16)4;2*1-11-7-8-12(2)13(10-11)14-6-4-5-9-15(14)3/h6-12H,1-5H3;5-10,12-13H,11H2,1-4H3;5-12H,1-4H3;2*4-10H,1-3H3/q5*+1/i1D3,12D;1D3,2D3,13D;1D3,12D;;. The Morgan fingerprint density at radius 3 is 1.20 bits per heavy atom. The van der Waals surface area contributed by atoms with Gasteiger partial charge in [-0.15, -0.1) is 0 Å². The van der Waals surface area contributed by atoms with Crippen LogP contribution < -0.4 is 22.8 Å². The molecule has 10 rings (SSSR count). The maximum Gasteiger partial charge on any atom is 0.212 e. The van der Waals surface area contributed by atoms with E-state index in [4.69, 9.17) is 20.6 Å². The van der Waals surface area contributed by atoms with Crippen LogP contribution in [0.4, 0.5) is 0 Å². The van der Waals surface area contributed by atoms with E-state index in [1.54, 1.807) is 24.4 Å². The van der Waals surface area contributed by atoms with Gasteiger partial charge in [0.15, 0.2) is 31.0 Å². The molecule has 10 aromatic rings. The summed E-state index contributed by atoms with van der Waals surface area (Å²) in [5, 5.41) is 0. The lowest BCUT2D eigenvalue weighted by molar-refractivity contribution is -0.661.